The van der Waals surface area contributed by atoms with Gasteiger partial charge in [-0.05, 0) is 49.4 Å². The zero-order chi connectivity index (χ0) is 13.1. The molecule has 0 aliphatic heterocycles. The number of benzene rings is 1. The summed E-state index contributed by atoms with van der Waals surface area (Å²) in [7, 11) is 3.55. The summed E-state index contributed by atoms with van der Waals surface area (Å²) in [5.41, 5.74) is 1.86. The summed E-state index contributed by atoms with van der Waals surface area (Å²) in [6, 6.07) is 8.37. The fourth-order valence-electron chi connectivity index (χ4n) is 2.23. The van der Waals surface area contributed by atoms with Gasteiger partial charge in [0.2, 0.25) is 0 Å². The zero-order valence-electron chi connectivity index (χ0n) is 11.4. The van der Waals surface area contributed by atoms with E-state index in [0.29, 0.717) is 6.04 Å². The minimum absolute atomic E-state index is 0.0517. The molecule has 0 radical (unpaired) electrons. The molecule has 1 fully saturated rings. The molecule has 3 nitrogen and oxygen atoms in total. The molecular formula is C15H22N2O. The lowest BCUT2D eigenvalue weighted by molar-refractivity contribution is 0.0827. The number of hydrogen-bond donors (Lipinski definition) is 1. The van der Waals surface area contributed by atoms with Crippen molar-refractivity contribution in [3.05, 3.63) is 29.8 Å². The molecule has 98 valence electrons. The third-order valence-corrected chi connectivity index (χ3v) is 3.52. The van der Waals surface area contributed by atoms with Crippen LogP contribution in [0.2, 0.25) is 0 Å². The van der Waals surface area contributed by atoms with Crippen LogP contribution in [-0.2, 0) is 0 Å². The van der Waals surface area contributed by atoms with Gasteiger partial charge in [-0.25, -0.2) is 0 Å². The molecule has 2 rings (SSSR count). The Morgan fingerprint density at radius 2 is 1.94 bits per heavy atom. The van der Waals surface area contributed by atoms with Crippen LogP contribution in [0, 0.1) is 5.92 Å². The molecule has 1 aliphatic rings. The maximum absolute atomic E-state index is 11.8. The lowest BCUT2D eigenvalue weighted by Gasteiger charge is -2.18. The van der Waals surface area contributed by atoms with Gasteiger partial charge in [0, 0.05) is 31.4 Å². The van der Waals surface area contributed by atoms with Crippen LogP contribution in [0.5, 0.6) is 0 Å². The van der Waals surface area contributed by atoms with Crippen LogP contribution in [-0.4, -0.2) is 30.9 Å². The number of nitrogens with one attached hydrogen (secondary N) is 1. The second-order valence-electron chi connectivity index (χ2n) is 5.27. The maximum Gasteiger partial charge on any atom is 0.253 e. The summed E-state index contributed by atoms with van der Waals surface area (Å²) >= 11 is 0. The Kier molecular flexibility index (Phi) is 3.90. The Hall–Kier alpha value is -1.51. The lowest BCUT2D eigenvalue weighted by Crippen LogP contribution is -2.22. The topological polar surface area (TPSA) is 32.3 Å². The van der Waals surface area contributed by atoms with Gasteiger partial charge in [0.15, 0.2) is 0 Å². The van der Waals surface area contributed by atoms with Crippen molar-refractivity contribution >= 4 is 11.6 Å². The van der Waals surface area contributed by atoms with Crippen molar-refractivity contribution in [3.63, 3.8) is 0 Å². The third kappa shape index (κ3) is 3.03. The van der Waals surface area contributed by atoms with Gasteiger partial charge in [-0.1, -0.05) is 6.92 Å². The normalized spacial score (nSPS) is 16.2. The highest BCUT2D eigenvalue weighted by Crippen LogP contribution is 2.35. The lowest BCUT2D eigenvalue weighted by atomic mass is 10.1. The predicted molar refractivity (Wildman–Crippen MR) is 74.9 cm³/mol. The fourth-order valence-corrected chi connectivity index (χ4v) is 2.23. The van der Waals surface area contributed by atoms with Crippen LogP contribution >= 0.6 is 0 Å². The van der Waals surface area contributed by atoms with Crippen molar-refractivity contribution in [1.29, 1.82) is 0 Å². The molecule has 0 saturated heterocycles. The summed E-state index contributed by atoms with van der Waals surface area (Å²) in [6.45, 7) is 2.22. The number of nitrogens with zero attached hydrogens (tertiary/aromatic N) is 1. The van der Waals surface area contributed by atoms with Gasteiger partial charge in [-0.3, -0.25) is 4.79 Å². The molecule has 1 aromatic rings. The van der Waals surface area contributed by atoms with E-state index in [-0.39, 0.29) is 5.91 Å². The molecule has 1 atom stereocenters. The quantitative estimate of drug-likeness (QED) is 0.866. The van der Waals surface area contributed by atoms with Gasteiger partial charge >= 0.3 is 0 Å². The number of carbonyl (C=O) groups is 1. The number of carbonyl (C=O) groups excluding carboxylic acids is 1. The molecule has 1 N–H and O–H groups in total. The summed E-state index contributed by atoms with van der Waals surface area (Å²) in [5.74, 6) is 0.897. The summed E-state index contributed by atoms with van der Waals surface area (Å²) in [4.78, 5) is 13.4. The minimum Gasteiger partial charge on any atom is -0.382 e. The van der Waals surface area contributed by atoms with E-state index in [9.17, 15) is 4.79 Å². The van der Waals surface area contributed by atoms with Crippen molar-refractivity contribution in [2.24, 2.45) is 5.92 Å². The molecule has 1 aliphatic carbocycles. The van der Waals surface area contributed by atoms with Crippen LogP contribution in [0.15, 0.2) is 24.3 Å². The van der Waals surface area contributed by atoms with E-state index in [0.717, 1.165) is 23.6 Å². The number of hydrogen-bond acceptors (Lipinski definition) is 2. The Labute approximate surface area is 109 Å². The van der Waals surface area contributed by atoms with E-state index in [1.54, 1.807) is 19.0 Å². The predicted octanol–water partition coefficient (Wildman–Crippen LogP) is 2.99. The smallest absolute Gasteiger partial charge is 0.253 e. The first-order valence-corrected chi connectivity index (χ1v) is 6.70. The molecule has 1 amide bonds. The first-order valence-electron chi connectivity index (χ1n) is 6.70. The van der Waals surface area contributed by atoms with Gasteiger partial charge in [0.05, 0.1) is 0 Å². The van der Waals surface area contributed by atoms with Crippen molar-refractivity contribution in [2.75, 3.05) is 19.4 Å². The van der Waals surface area contributed by atoms with Crippen LogP contribution in [0.3, 0.4) is 0 Å². The van der Waals surface area contributed by atoms with E-state index in [1.165, 1.54) is 12.8 Å². The van der Waals surface area contributed by atoms with Gasteiger partial charge in [-0.15, -0.1) is 0 Å². The average Bonchev–Trinajstić information content (AvgIpc) is 3.20. The van der Waals surface area contributed by atoms with E-state index < -0.39 is 0 Å². The molecule has 1 aromatic carbocycles. The van der Waals surface area contributed by atoms with Crippen molar-refractivity contribution < 1.29 is 4.79 Å². The molecular weight excluding hydrogens is 224 g/mol. The molecule has 0 bridgehead atoms. The summed E-state index contributed by atoms with van der Waals surface area (Å²) in [6.07, 6.45) is 3.86. The van der Waals surface area contributed by atoms with E-state index in [4.69, 9.17) is 0 Å². The second kappa shape index (κ2) is 5.42. The van der Waals surface area contributed by atoms with Crippen molar-refractivity contribution in [1.82, 2.24) is 4.90 Å². The fraction of sp³-hybridized carbons (Fsp3) is 0.533. The van der Waals surface area contributed by atoms with Crippen molar-refractivity contribution in [3.8, 4) is 0 Å². The SMILES string of the molecule is CCC(Nc1ccc(C(=O)N(C)C)cc1)C1CC1. The second-order valence-corrected chi connectivity index (χ2v) is 5.27. The highest BCUT2D eigenvalue weighted by molar-refractivity contribution is 5.94. The molecule has 1 unspecified atom stereocenters. The van der Waals surface area contributed by atoms with E-state index in [2.05, 4.69) is 12.2 Å². The third-order valence-electron chi connectivity index (χ3n) is 3.52. The van der Waals surface area contributed by atoms with Crippen molar-refractivity contribution in [2.45, 2.75) is 32.2 Å². The van der Waals surface area contributed by atoms with Crippen LogP contribution in [0.25, 0.3) is 0 Å². The molecule has 18 heavy (non-hydrogen) atoms. The maximum atomic E-state index is 11.8. The highest BCUT2D eigenvalue weighted by atomic mass is 16.2. The number of amides is 1. The van der Waals surface area contributed by atoms with Gasteiger partial charge in [0.1, 0.15) is 0 Å². The van der Waals surface area contributed by atoms with Gasteiger partial charge < -0.3 is 10.2 Å². The van der Waals surface area contributed by atoms with Crippen LogP contribution in [0.1, 0.15) is 36.5 Å². The largest absolute Gasteiger partial charge is 0.382 e. The Balaban J connectivity index is 2.00. The summed E-state index contributed by atoms with van der Waals surface area (Å²) in [5, 5.41) is 3.56. The first kappa shape index (κ1) is 12.9. The number of rotatable bonds is 5. The molecule has 0 spiro atoms. The van der Waals surface area contributed by atoms with Gasteiger partial charge in [0.25, 0.3) is 5.91 Å². The Morgan fingerprint density at radius 1 is 1.33 bits per heavy atom. The van der Waals surface area contributed by atoms with E-state index in [1.807, 2.05) is 24.3 Å². The molecule has 0 heterocycles. The highest BCUT2D eigenvalue weighted by Gasteiger charge is 2.29. The molecule has 3 heteroatoms. The monoisotopic (exact) mass is 246 g/mol. The van der Waals surface area contributed by atoms with E-state index >= 15 is 0 Å². The zero-order valence-corrected chi connectivity index (χ0v) is 11.4. The van der Waals surface area contributed by atoms with Crippen LogP contribution < -0.4 is 5.32 Å². The standard InChI is InChI=1S/C15H22N2O/c1-4-14(11-5-6-11)16-13-9-7-12(8-10-13)15(18)17(2)3/h7-11,14,16H,4-6H2,1-3H3. The van der Waals surface area contributed by atoms with Crippen LogP contribution in [0.4, 0.5) is 5.69 Å². The molecule has 0 aromatic heterocycles. The van der Waals surface area contributed by atoms with Gasteiger partial charge in [-0.2, -0.15) is 0 Å². The first-order chi connectivity index (χ1) is 8.61. The Morgan fingerprint density at radius 3 is 2.39 bits per heavy atom. The average molecular weight is 246 g/mol. The number of anilines is 1. The Bertz CT molecular complexity index is 407. The minimum atomic E-state index is 0.0517. The summed E-state index contributed by atoms with van der Waals surface area (Å²) < 4.78 is 0. The molecule has 1 saturated carbocycles.